The topological polar surface area (TPSA) is 140 Å². The quantitative estimate of drug-likeness (QED) is 0.129. The number of likely N-dealkylation sites (tertiary alicyclic amines) is 1. The molecule has 9 rings (SSSR count). The third kappa shape index (κ3) is 8.35. The van der Waals surface area contributed by atoms with Gasteiger partial charge in [0.25, 0.3) is 0 Å². The lowest BCUT2D eigenvalue weighted by molar-refractivity contribution is -0.133. The second kappa shape index (κ2) is 16.4. The maximum absolute atomic E-state index is 12.1. The minimum Gasteiger partial charge on any atom is -0.474 e. The molecule has 3 fully saturated rings. The third-order valence-corrected chi connectivity index (χ3v) is 12.0. The van der Waals surface area contributed by atoms with Crippen molar-refractivity contribution in [2.75, 3.05) is 86.4 Å². The van der Waals surface area contributed by atoms with E-state index in [1.807, 2.05) is 12.4 Å². The molecule has 1 unspecified atom stereocenters. The van der Waals surface area contributed by atoms with Crippen LogP contribution in [0.3, 0.4) is 0 Å². The molecule has 0 spiro atoms. The molecule has 0 radical (unpaired) electrons. The summed E-state index contributed by atoms with van der Waals surface area (Å²) < 4.78 is 5.72. The van der Waals surface area contributed by atoms with Crippen LogP contribution in [0, 0.1) is 6.92 Å². The van der Waals surface area contributed by atoms with E-state index in [-0.39, 0.29) is 17.9 Å². The molecule has 0 bridgehead atoms. The van der Waals surface area contributed by atoms with Gasteiger partial charge in [-0.1, -0.05) is 24.3 Å². The lowest BCUT2D eigenvalue weighted by Gasteiger charge is -2.38. The van der Waals surface area contributed by atoms with Crippen molar-refractivity contribution in [3.63, 3.8) is 0 Å². The van der Waals surface area contributed by atoms with E-state index in [4.69, 9.17) is 9.72 Å². The number of pyridine rings is 1. The lowest BCUT2D eigenvalue weighted by Crippen LogP contribution is -2.49. The average Bonchev–Trinajstić information content (AvgIpc) is 3.25. The minimum atomic E-state index is -0.354. The van der Waals surface area contributed by atoms with Gasteiger partial charge < -0.3 is 30.5 Å². The summed E-state index contributed by atoms with van der Waals surface area (Å²) in [7, 11) is 0. The SMILES string of the molecule is Cc1c(-c2ccc3cnc(Nc4ccc(N5CCN(CCN6CCC(c7ccc(NC8CCC(=O)NC8=O)cc7)CC6)CC5)cc4)nc3c2)cnc2c1NCCO2. The van der Waals surface area contributed by atoms with Gasteiger partial charge in [0.15, 0.2) is 0 Å². The summed E-state index contributed by atoms with van der Waals surface area (Å²) in [5, 5.41) is 13.5. The number of hydrogen-bond acceptors (Lipinski definition) is 12. The molecule has 2 aromatic heterocycles. The number of ether oxygens (including phenoxy) is 1. The van der Waals surface area contributed by atoms with E-state index in [0.29, 0.717) is 37.2 Å². The van der Waals surface area contributed by atoms with Crippen LogP contribution in [0.4, 0.5) is 28.7 Å². The van der Waals surface area contributed by atoms with Crippen LogP contribution in [0.2, 0.25) is 0 Å². The second-order valence-electron chi connectivity index (χ2n) is 15.6. The Labute approximate surface area is 333 Å². The van der Waals surface area contributed by atoms with E-state index in [0.717, 1.165) is 116 Å². The van der Waals surface area contributed by atoms with Crippen molar-refractivity contribution >= 4 is 51.4 Å². The van der Waals surface area contributed by atoms with Crippen molar-refractivity contribution in [1.82, 2.24) is 30.1 Å². The summed E-state index contributed by atoms with van der Waals surface area (Å²) in [5.74, 6) is 1.36. The molecule has 2 amide bonds. The fourth-order valence-electron chi connectivity index (χ4n) is 8.53. The molecule has 3 aromatic carbocycles. The van der Waals surface area contributed by atoms with Crippen molar-refractivity contribution in [3.8, 4) is 17.0 Å². The second-order valence-corrected chi connectivity index (χ2v) is 15.6. The molecular formula is C44H50N10O3. The molecule has 294 valence electrons. The molecular weight excluding hydrogens is 717 g/mol. The first-order valence-electron chi connectivity index (χ1n) is 20.3. The smallest absolute Gasteiger partial charge is 0.249 e. The number of carbonyl (C=O) groups excluding carboxylic acids is 2. The van der Waals surface area contributed by atoms with Crippen LogP contribution in [-0.2, 0) is 9.59 Å². The number of carbonyl (C=O) groups is 2. The van der Waals surface area contributed by atoms with E-state index in [2.05, 4.69) is 120 Å². The van der Waals surface area contributed by atoms with Gasteiger partial charge in [-0.25, -0.2) is 15.0 Å². The Balaban J connectivity index is 0.720. The number of amides is 2. The average molecular weight is 767 g/mol. The molecule has 5 aromatic rings. The van der Waals surface area contributed by atoms with Crippen LogP contribution in [-0.4, -0.2) is 108 Å². The number of anilines is 5. The van der Waals surface area contributed by atoms with E-state index in [1.165, 1.54) is 11.3 Å². The van der Waals surface area contributed by atoms with Crippen LogP contribution in [0.1, 0.15) is 42.7 Å². The van der Waals surface area contributed by atoms with Gasteiger partial charge in [0.05, 0.1) is 5.52 Å². The molecule has 57 heavy (non-hydrogen) atoms. The number of hydrogen-bond donors (Lipinski definition) is 4. The molecule has 4 aliphatic heterocycles. The lowest BCUT2D eigenvalue weighted by atomic mass is 9.89. The zero-order chi connectivity index (χ0) is 38.7. The molecule has 13 heteroatoms. The van der Waals surface area contributed by atoms with E-state index >= 15 is 0 Å². The predicted molar refractivity (Wildman–Crippen MR) is 225 cm³/mol. The molecule has 6 heterocycles. The Bertz CT molecular complexity index is 2230. The first kappa shape index (κ1) is 36.8. The van der Waals surface area contributed by atoms with Gasteiger partial charge >= 0.3 is 0 Å². The van der Waals surface area contributed by atoms with Crippen molar-refractivity contribution in [1.29, 1.82) is 0 Å². The Morgan fingerprint density at radius 2 is 1.58 bits per heavy atom. The van der Waals surface area contributed by atoms with Crippen LogP contribution in [0.5, 0.6) is 5.88 Å². The van der Waals surface area contributed by atoms with Gasteiger partial charge in [0.1, 0.15) is 18.3 Å². The summed E-state index contributed by atoms with van der Waals surface area (Å²) in [6, 6.07) is 23.0. The number of fused-ring (bicyclic) bond motifs is 2. The largest absolute Gasteiger partial charge is 0.474 e. The van der Waals surface area contributed by atoms with Gasteiger partial charge in [-0.2, -0.15) is 0 Å². The van der Waals surface area contributed by atoms with Gasteiger partial charge in [-0.3, -0.25) is 19.8 Å². The predicted octanol–water partition coefficient (Wildman–Crippen LogP) is 5.77. The Kier molecular flexibility index (Phi) is 10.6. The monoisotopic (exact) mass is 766 g/mol. The van der Waals surface area contributed by atoms with Crippen molar-refractivity contribution in [2.45, 2.75) is 44.6 Å². The maximum Gasteiger partial charge on any atom is 0.249 e. The first-order chi connectivity index (χ1) is 27.9. The van der Waals surface area contributed by atoms with E-state index < -0.39 is 0 Å². The van der Waals surface area contributed by atoms with Crippen molar-refractivity contribution in [3.05, 3.63) is 90.3 Å². The Morgan fingerprint density at radius 1 is 0.825 bits per heavy atom. The minimum absolute atomic E-state index is 0.191. The van der Waals surface area contributed by atoms with E-state index in [9.17, 15) is 9.59 Å². The number of nitrogens with zero attached hydrogens (tertiary/aromatic N) is 6. The highest BCUT2D eigenvalue weighted by atomic mass is 16.5. The van der Waals surface area contributed by atoms with Crippen molar-refractivity contribution < 1.29 is 14.3 Å². The maximum atomic E-state index is 12.1. The molecule has 0 aliphatic carbocycles. The van der Waals surface area contributed by atoms with Crippen LogP contribution < -0.4 is 30.9 Å². The summed E-state index contributed by atoms with van der Waals surface area (Å²) in [6.07, 6.45) is 6.98. The van der Waals surface area contributed by atoms with Gasteiger partial charge in [-0.05, 0) is 104 Å². The number of imide groups is 1. The molecule has 13 nitrogen and oxygen atoms in total. The summed E-state index contributed by atoms with van der Waals surface area (Å²) in [4.78, 5) is 45.3. The standard InChI is InChI=1S/C44H50N10O3/c1-29-37(28-46-43-41(29)45-16-25-57-43)32-2-3-33-27-47-44(50-39(33)26-32)49-35-8-10-36(11-9-35)54-23-21-53(22-24-54)20-19-52-17-14-31(15-18-52)30-4-6-34(7-5-30)48-38-12-13-40(55)51-42(38)56/h2-11,26-28,31,38,45,48H,12-25H2,1H3,(H,47,49,50)(H,51,55,56). The Morgan fingerprint density at radius 3 is 2.35 bits per heavy atom. The third-order valence-electron chi connectivity index (χ3n) is 12.0. The zero-order valence-electron chi connectivity index (χ0n) is 32.5. The highest BCUT2D eigenvalue weighted by Crippen LogP contribution is 2.36. The molecule has 0 saturated carbocycles. The van der Waals surface area contributed by atoms with Gasteiger partial charge in [-0.15, -0.1) is 0 Å². The number of piperidine rings is 2. The fraction of sp³-hybridized carbons (Fsp3) is 0.386. The summed E-state index contributed by atoms with van der Waals surface area (Å²) in [6.45, 7) is 12.1. The summed E-state index contributed by atoms with van der Waals surface area (Å²) in [5.41, 5.74) is 9.54. The van der Waals surface area contributed by atoms with Crippen molar-refractivity contribution in [2.24, 2.45) is 0 Å². The highest BCUT2D eigenvalue weighted by molar-refractivity contribution is 6.01. The van der Waals surface area contributed by atoms with Crippen LogP contribution >= 0.6 is 0 Å². The van der Waals surface area contributed by atoms with Gasteiger partial charge in [0.2, 0.25) is 23.6 Å². The molecule has 4 N–H and O–H groups in total. The van der Waals surface area contributed by atoms with Crippen LogP contribution in [0.25, 0.3) is 22.0 Å². The first-order valence-corrected chi connectivity index (χ1v) is 20.3. The molecule has 1 atom stereocenters. The van der Waals surface area contributed by atoms with Crippen LogP contribution in [0.15, 0.2) is 79.1 Å². The molecule has 4 aliphatic rings. The molecule has 3 saturated heterocycles. The fourth-order valence-corrected chi connectivity index (χ4v) is 8.53. The normalized spacial score (nSPS) is 19.4. The zero-order valence-corrected chi connectivity index (χ0v) is 32.5. The number of benzene rings is 3. The number of piperazine rings is 1. The number of nitrogens with one attached hydrogen (secondary N) is 4. The number of rotatable bonds is 10. The van der Waals surface area contributed by atoms with Gasteiger partial charge in [0, 0.05) is 92.6 Å². The number of aromatic nitrogens is 3. The summed E-state index contributed by atoms with van der Waals surface area (Å²) >= 11 is 0. The Hall–Kier alpha value is -5.79. The highest BCUT2D eigenvalue weighted by Gasteiger charge is 2.27. The van der Waals surface area contributed by atoms with E-state index in [1.54, 1.807) is 0 Å².